The average molecular weight is 411 g/mol. The number of carboxylic acid groups (broad SMARTS) is 1. The SMILES string of the molecule is O=C(O)COCCC(=O)N1CCc2c(n(Cc3cccc(F)c3)c3ncccc23)C1. The summed E-state index contributed by atoms with van der Waals surface area (Å²) in [5, 5.41) is 9.68. The minimum Gasteiger partial charge on any atom is -0.480 e. The van der Waals surface area contributed by atoms with Crippen LogP contribution in [0.15, 0.2) is 42.6 Å². The van der Waals surface area contributed by atoms with Crippen LogP contribution in [0.1, 0.15) is 23.2 Å². The molecule has 0 unspecified atom stereocenters. The van der Waals surface area contributed by atoms with Gasteiger partial charge in [0, 0.05) is 30.4 Å². The molecule has 1 N–H and O–H groups in total. The van der Waals surface area contributed by atoms with Crippen LogP contribution in [0.3, 0.4) is 0 Å². The fraction of sp³-hybridized carbons (Fsp3) is 0.318. The summed E-state index contributed by atoms with van der Waals surface area (Å²) >= 11 is 0. The molecule has 8 heteroatoms. The molecule has 0 spiro atoms. The number of aliphatic carboxylic acids is 1. The lowest BCUT2D eigenvalue weighted by molar-refractivity contribution is -0.143. The highest BCUT2D eigenvalue weighted by Gasteiger charge is 2.27. The summed E-state index contributed by atoms with van der Waals surface area (Å²) in [4.78, 5) is 29.4. The Morgan fingerprint density at radius 1 is 1.23 bits per heavy atom. The maximum Gasteiger partial charge on any atom is 0.329 e. The third kappa shape index (κ3) is 4.18. The topological polar surface area (TPSA) is 84.7 Å². The van der Waals surface area contributed by atoms with Crippen LogP contribution in [0.2, 0.25) is 0 Å². The fourth-order valence-corrected chi connectivity index (χ4v) is 3.94. The van der Waals surface area contributed by atoms with Gasteiger partial charge in [-0.25, -0.2) is 14.2 Å². The summed E-state index contributed by atoms with van der Waals surface area (Å²) in [6.07, 6.45) is 2.57. The molecule has 1 aliphatic heterocycles. The van der Waals surface area contributed by atoms with Crippen molar-refractivity contribution in [1.29, 1.82) is 0 Å². The number of benzene rings is 1. The number of fused-ring (bicyclic) bond motifs is 3. The molecule has 4 rings (SSSR count). The van der Waals surface area contributed by atoms with Gasteiger partial charge in [0.05, 0.1) is 19.6 Å². The van der Waals surface area contributed by atoms with Crippen LogP contribution < -0.4 is 0 Å². The van der Waals surface area contributed by atoms with Crippen molar-refractivity contribution in [3.8, 4) is 0 Å². The van der Waals surface area contributed by atoms with Gasteiger partial charge in [-0.2, -0.15) is 0 Å². The van der Waals surface area contributed by atoms with E-state index in [1.54, 1.807) is 17.2 Å². The predicted octanol–water partition coefficient (Wildman–Crippen LogP) is 2.60. The summed E-state index contributed by atoms with van der Waals surface area (Å²) in [7, 11) is 0. The van der Waals surface area contributed by atoms with Gasteiger partial charge in [-0.1, -0.05) is 12.1 Å². The minimum absolute atomic E-state index is 0.0718. The fourth-order valence-electron chi connectivity index (χ4n) is 3.94. The molecule has 2 aromatic heterocycles. The Labute approximate surface area is 172 Å². The van der Waals surface area contributed by atoms with E-state index in [0.29, 0.717) is 26.1 Å². The number of hydrogen-bond acceptors (Lipinski definition) is 4. The van der Waals surface area contributed by atoms with E-state index in [4.69, 9.17) is 9.84 Å². The Morgan fingerprint density at radius 2 is 2.10 bits per heavy atom. The molecule has 0 aliphatic carbocycles. The first kappa shape index (κ1) is 20.0. The second kappa shape index (κ2) is 8.62. The monoisotopic (exact) mass is 411 g/mol. The maximum atomic E-state index is 13.7. The van der Waals surface area contributed by atoms with Gasteiger partial charge in [-0.3, -0.25) is 4.79 Å². The van der Waals surface area contributed by atoms with E-state index < -0.39 is 12.6 Å². The van der Waals surface area contributed by atoms with Crippen molar-refractivity contribution >= 4 is 22.9 Å². The van der Waals surface area contributed by atoms with E-state index in [2.05, 4.69) is 9.55 Å². The molecular weight excluding hydrogens is 389 g/mol. The Kier molecular flexibility index (Phi) is 5.76. The third-order valence-electron chi connectivity index (χ3n) is 5.28. The number of rotatable bonds is 7. The van der Waals surface area contributed by atoms with Crippen LogP contribution in [-0.2, 0) is 33.8 Å². The molecule has 0 saturated heterocycles. The van der Waals surface area contributed by atoms with Gasteiger partial charge >= 0.3 is 5.97 Å². The first-order chi connectivity index (χ1) is 14.5. The first-order valence-electron chi connectivity index (χ1n) is 9.79. The number of nitrogens with zero attached hydrogens (tertiary/aromatic N) is 3. The lowest BCUT2D eigenvalue weighted by atomic mass is 10.0. The highest BCUT2D eigenvalue weighted by molar-refractivity contribution is 5.84. The summed E-state index contributed by atoms with van der Waals surface area (Å²) in [5.74, 6) is -1.43. The molecule has 0 atom stereocenters. The van der Waals surface area contributed by atoms with Crippen molar-refractivity contribution in [3.05, 3.63) is 65.2 Å². The zero-order valence-electron chi connectivity index (χ0n) is 16.4. The number of pyridine rings is 1. The maximum absolute atomic E-state index is 13.7. The van der Waals surface area contributed by atoms with Crippen molar-refractivity contribution < 1.29 is 23.8 Å². The lowest BCUT2D eigenvalue weighted by Gasteiger charge is -2.28. The summed E-state index contributed by atoms with van der Waals surface area (Å²) in [6.45, 7) is 1.13. The van der Waals surface area contributed by atoms with Crippen LogP contribution in [0.4, 0.5) is 4.39 Å². The third-order valence-corrected chi connectivity index (χ3v) is 5.28. The standard InChI is InChI=1S/C22H22FN3O4/c23-16-4-1-3-15(11-16)12-26-19-13-25(20(27)7-10-30-14-21(28)29)9-6-17(19)18-5-2-8-24-22(18)26/h1-5,8,11H,6-7,9-10,12-14H2,(H,28,29). The van der Waals surface area contributed by atoms with Gasteiger partial charge in [0.15, 0.2) is 0 Å². The molecule has 1 aromatic carbocycles. The van der Waals surface area contributed by atoms with Crippen molar-refractivity contribution in [2.24, 2.45) is 0 Å². The summed E-state index contributed by atoms with van der Waals surface area (Å²) in [6, 6.07) is 10.4. The Bertz CT molecular complexity index is 1100. The van der Waals surface area contributed by atoms with Gasteiger partial charge in [-0.15, -0.1) is 0 Å². The number of carbonyl (C=O) groups is 2. The molecule has 156 valence electrons. The van der Waals surface area contributed by atoms with Crippen molar-refractivity contribution in [2.75, 3.05) is 19.8 Å². The van der Waals surface area contributed by atoms with Crippen LogP contribution >= 0.6 is 0 Å². The largest absolute Gasteiger partial charge is 0.480 e. The number of ether oxygens (including phenoxy) is 1. The van der Waals surface area contributed by atoms with Gasteiger partial charge < -0.3 is 19.3 Å². The van der Waals surface area contributed by atoms with E-state index in [-0.39, 0.29) is 24.8 Å². The lowest BCUT2D eigenvalue weighted by Crippen LogP contribution is -2.37. The molecular formula is C22H22FN3O4. The molecule has 1 amide bonds. The molecule has 1 aliphatic rings. The normalized spacial score (nSPS) is 13.4. The van der Waals surface area contributed by atoms with E-state index in [1.807, 2.05) is 18.2 Å². The van der Waals surface area contributed by atoms with Gasteiger partial charge in [0.25, 0.3) is 0 Å². The van der Waals surface area contributed by atoms with Crippen molar-refractivity contribution in [1.82, 2.24) is 14.5 Å². The molecule has 0 fully saturated rings. The molecule has 0 radical (unpaired) electrons. The number of carbonyl (C=O) groups excluding carboxylic acids is 1. The van der Waals surface area contributed by atoms with Crippen LogP contribution in [0.5, 0.6) is 0 Å². The second-order valence-electron chi connectivity index (χ2n) is 7.28. The molecule has 0 bridgehead atoms. The van der Waals surface area contributed by atoms with Gasteiger partial charge in [0.1, 0.15) is 18.1 Å². The number of hydrogen-bond donors (Lipinski definition) is 1. The highest BCUT2D eigenvalue weighted by Crippen LogP contribution is 2.30. The van der Waals surface area contributed by atoms with E-state index in [9.17, 15) is 14.0 Å². The van der Waals surface area contributed by atoms with Crippen molar-refractivity contribution in [2.45, 2.75) is 25.9 Å². The predicted molar refractivity (Wildman–Crippen MR) is 107 cm³/mol. The summed E-state index contributed by atoms with van der Waals surface area (Å²) in [5.41, 5.74) is 3.82. The summed E-state index contributed by atoms with van der Waals surface area (Å²) < 4.78 is 20.7. The van der Waals surface area contributed by atoms with E-state index in [1.165, 1.54) is 17.7 Å². The zero-order valence-corrected chi connectivity index (χ0v) is 16.4. The average Bonchev–Trinajstić information content (AvgIpc) is 3.04. The molecule has 7 nitrogen and oxygen atoms in total. The molecule has 3 aromatic rings. The van der Waals surface area contributed by atoms with Gasteiger partial charge in [0.2, 0.25) is 5.91 Å². The van der Waals surface area contributed by atoms with Crippen LogP contribution in [-0.4, -0.2) is 51.2 Å². The molecule has 3 heterocycles. The number of halogens is 1. The number of carboxylic acids is 1. The van der Waals surface area contributed by atoms with Crippen LogP contribution in [0.25, 0.3) is 11.0 Å². The highest BCUT2D eigenvalue weighted by atomic mass is 19.1. The van der Waals surface area contributed by atoms with Crippen LogP contribution in [0, 0.1) is 5.82 Å². The Morgan fingerprint density at radius 3 is 2.90 bits per heavy atom. The minimum atomic E-state index is -1.06. The zero-order chi connectivity index (χ0) is 21.1. The van der Waals surface area contributed by atoms with Gasteiger partial charge in [-0.05, 0) is 41.8 Å². The molecule has 30 heavy (non-hydrogen) atoms. The smallest absolute Gasteiger partial charge is 0.329 e. The number of aromatic nitrogens is 2. The number of amides is 1. The van der Waals surface area contributed by atoms with E-state index >= 15 is 0 Å². The molecule has 0 saturated carbocycles. The van der Waals surface area contributed by atoms with E-state index in [0.717, 1.165) is 22.3 Å². The first-order valence-corrected chi connectivity index (χ1v) is 9.79. The van der Waals surface area contributed by atoms with Crippen molar-refractivity contribution in [3.63, 3.8) is 0 Å². The quantitative estimate of drug-likeness (QED) is 0.604. The second-order valence-corrected chi connectivity index (χ2v) is 7.28. The Balaban J connectivity index is 1.58. The Hall–Kier alpha value is -3.26.